The molecule has 1 fully saturated rings. The quantitative estimate of drug-likeness (QED) is 0.765. The van der Waals surface area contributed by atoms with Crippen molar-refractivity contribution < 1.29 is 17.9 Å². The first-order chi connectivity index (χ1) is 9.96. The van der Waals surface area contributed by atoms with Crippen LogP contribution in [-0.2, 0) is 14.8 Å². The molecule has 0 spiro atoms. The molecule has 1 aromatic rings. The number of nitrogens with one attached hydrogen (secondary N) is 1. The highest BCUT2D eigenvalue weighted by Crippen LogP contribution is 2.22. The molecule has 7 nitrogen and oxygen atoms in total. The van der Waals surface area contributed by atoms with Gasteiger partial charge in [-0.3, -0.25) is 4.79 Å². The van der Waals surface area contributed by atoms with Gasteiger partial charge in [0, 0.05) is 19.6 Å². The lowest BCUT2D eigenvalue weighted by atomic mass is 10.2. The highest BCUT2D eigenvalue weighted by molar-refractivity contribution is 7.89. The van der Waals surface area contributed by atoms with E-state index in [1.54, 1.807) is 12.1 Å². The molecule has 21 heavy (non-hydrogen) atoms. The van der Waals surface area contributed by atoms with Crippen molar-refractivity contribution in [3.63, 3.8) is 0 Å². The zero-order valence-electron chi connectivity index (χ0n) is 11.8. The van der Waals surface area contributed by atoms with Crippen molar-refractivity contribution in [3.8, 4) is 5.75 Å². The second-order valence-corrected chi connectivity index (χ2v) is 6.53. The minimum atomic E-state index is -3.75. The predicted octanol–water partition coefficient (Wildman–Crippen LogP) is -0.467. The van der Waals surface area contributed by atoms with Crippen molar-refractivity contribution in [2.45, 2.75) is 17.9 Å². The van der Waals surface area contributed by atoms with Gasteiger partial charge in [-0.2, -0.15) is 4.31 Å². The van der Waals surface area contributed by atoms with E-state index in [2.05, 4.69) is 5.32 Å². The fourth-order valence-corrected chi connectivity index (χ4v) is 3.82. The zero-order valence-corrected chi connectivity index (χ0v) is 12.6. The number of hydrogen-bond acceptors (Lipinski definition) is 5. The van der Waals surface area contributed by atoms with Crippen LogP contribution < -0.4 is 15.8 Å². The van der Waals surface area contributed by atoms with Crippen molar-refractivity contribution in [2.75, 3.05) is 26.2 Å². The van der Waals surface area contributed by atoms with E-state index in [-0.39, 0.29) is 18.0 Å². The first kappa shape index (κ1) is 15.7. The van der Waals surface area contributed by atoms with E-state index in [0.29, 0.717) is 18.9 Å². The highest BCUT2D eigenvalue weighted by Gasteiger charge is 2.36. The molecule has 1 heterocycles. The Hall–Kier alpha value is -1.64. The largest absolute Gasteiger partial charge is 0.494 e. The Bertz CT molecular complexity index is 600. The average Bonchev–Trinajstić information content (AvgIpc) is 2.48. The smallest absolute Gasteiger partial charge is 0.243 e. The summed E-state index contributed by atoms with van der Waals surface area (Å²) >= 11 is 0. The number of piperazine rings is 1. The molecule has 116 valence electrons. The van der Waals surface area contributed by atoms with Crippen LogP contribution in [-0.4, -0.2) is 50.9 Å². The maximum absolute atomic E-state index is 12.6. The molecule has 1 aliphatic rings. The molecule has 8 heteroatoms. The van der Waals surface area contributed by atoms with E-state index in [9.17, 15) is 13.2 Å². The summed E-state index contributed by atoms with van der Waals surface area (Å²) in [5.41, 5.74) is 5.29. The Labute approximate surface area is 124 Å². The molecule has 3 N–H and O–H groups in total. The van der Waals surface area contributed by atoms with Crippen molar-refractivity contribution in [3.05, 3.63) is 24.3 Å². The summed E-state index contributed by atoms with van der Waals surface area (Å²) in [6.45, 7) is 3.28. The van der Waals surface area contributed by atoms with Crippen LogP contribution >= 0.6 is 0 Å². The molecular weight excluding hydrogens is 294 g/mol. The highest BCUT2D eigenvalue weighted by atomic mass is 32.2. The molecular formula is C13H19N3O4S. The maximum atomic E-state index is 12.6. The number of ether oxygens (including phenoxy) is 1. The van der Waals surface area contributed by atoms with Gasteiger partial charge in [0.05, 0.1) is 11.5 Å². The number of nitrogens with zero attached hydrogens (tertiary/aromatic N) is 1. The Kier molecular flexibility index (Phi) is 4.81. The Morgan fingerprint density at radius 1 is 1.43 bits per heavy atom. The van der Waals surface area contributed by atoms with E-state index in [4.69, 9.17) is 10.5 Å². The Morgan fingerprint density at radius 2 is 2.10 bits per heavy atom. The van der Waals surface area contributed by atoms with Gasteiger partial charge in [0.15, 0.2) is 0 Å². The molecule has 1 unspecified atom stereocenters. The summed E-state index contributed by atoms with van der Waals surface area (Å²) in [6, 6.07) is 5.27. The van der Waals surface area contributed by atoms with E-state index < -0.39 is 22.0 Å². The molecule has 1 saturated heterocycles. The number of sulfonamides is 1. The lowest BCUT2D eigenvalue weighted by Crippen LogP contribution is -2.58. The number of hydrogen-bond donors (Lipinski definition) is 2. The van der Waals surface area contributed by atoms with E-state index in [1.165, 1.54) is 12.1 Å². The third-order valence-electron chi connectivity index (χ3n) is 3.26. The van der Waals surface area contributed by atoms with Crippen LogP contribution in [0.2, 0.25) is 0 Å². The minimum Gasteiger partial charge on any atom is -0.494 e. The molecule has 0 aliphatic carbocycles. The fourth-order valence-electron chi connectivity index (χ4n) is 2.23. The van der Waals surface area contributed by atoms with Crippen molar-refractivity contribution >= 4 is 15.9 Å². The van der Waals surface area contributed by atoms with Crippen molar-refractivity contribution in [2.24, 2.45) is 5.73 Å². The van der Waals surface area contributed by atoms with Gasteiger partial charge in [0.2, 0.25) is 15.9 Å². The van der Waals surface area contributed by atoms with Gasteiger partial charge in [0.1, 0.15) is 11.8 Å². The van der Waals surface area contributed by atoms with Crippen molar-refractivity contribution in [1.29, 1.82) is 0 Å². The van der Waals surface area contributed by atoms with Crippen LogP contribution in [0.4, 0.5) is 0 Å². The van der Waals surface area contributed by atoms with E-state index >= 15 is 0 Å². The Morgan fingerprint density at radius 3 is 2.67 bits per heavy atom. The fraction of sp³-hybridized carbons (Fsp3) is 0.462. The second kappa shape index (κ2) is 6.42. The van der Waals surface area contributed by atoms with Gasteiger partial charge in [-0.25, -0.2) is 8.42 Å². The van der Waals surface area contributed by atoms with Crippen LogP contribution in [0.3, 0.4) is 0 Å². The van der Waals surface area contributed by atoms with Gasteiger partial charge in [-0.1, -0.05) is 0 Å². The number of benzene rings is 1. The summed E-state index contributed by atoms with van der Waals surface area (Å²) in [7, 11) is -3.75. The molecule has 2 rings (SSSR count). The number of primary amides is 1. The summed E-state index contributed by atoms with van der Waals surface area (Å²) in [5, 5.41) is 2.97. The molecule has 0 bridgehead atoms. The summed E-state index contributed by atoms with van der Waals surface area (Å²) in [6.07, 6.45) is 0. The number of nitrogens with two attached hydrogens (primary N) is 1. The SMILES string of the molecule is CCOc1ccc(S(=O)(=O)N2CCNCC2C(N)=O)cc1. The van der Waals surface area contributed by atoms with Crippen LogP contribution in [0.25, 0.3) is 0 Å². The molecule has 1 atom stereocenters. The molecule has 0 aromatic heterocycles. The lowest BCUT2D eigenvalue weighted by molar-refractivity contribution is -0.122. The first-order valence-electron chi connectivity index (χ1n) is 6.71. The molecule has 0 saturated carbocycles. The van der Waals surface area contributed by atoms with Gasteiger partial charge in [-0.15, -0.1) is 0 Å². The Balaban J connectivity index is 2.29. The van der Waals surface area contributed by atoms with Crippen molar-refractivity contribution in [1.82, 2.24) is 9.62 Å². The standard InChI is InChI=1S/C13H19N3O4S/c1-2-20-10-3-5-11(6-4-10)21(18,19)16-8-7-15-9-12(16)13(14)17/h3-6,12,15H,2,7-9H2,1H3,(H2,14,17). The van der Waals surface area contributed by atoms with Gasteiger partial charge < -0.3 is 15.8 Å². The molecule has 0 radical (unpaired) electrons. The average molecular weight is 313 g/mol. The first-order valence-corrected chi connectivity index (χ1v) is 8.15. The number of amides is 1. The predicted molar refractivity (Wildman–Crippen MR) is 77.4 cm³/mol. The zero-order chi connectivity index (χ0) is 15.5. The summed E-state index contributed by atoms with van der Waals surface area (Å²) < 4.78 is 31.7. The molecule has 1 aromatic carbocycles. The van der Waals surface area contributed by atoms with Gasteiger partial charge in [-0.05, 0) is 31.2 Å². The monoisotopic (exact) mass is 313 g/mol. The molecule has 1 amide bonds. The van der Waals surface area contributed by atoms with E-state index in [1.807, 2.05) is 6.92 Å². The van der Waals surface area contributed by atoms with E-state index in [0.717, 1.165) is 4.31 Å². The van der Waals surface area contributed by atoms with Crippen LogP contribution in [0.5, 0.6) is 5.75 Å². The number of rotatable bonds is 5. The second-order valence-electron chi connectivity index (χ2n) is 4.64. The van der Waals surface area contributed by atoms with Crippen LogP contribution in [0, 0.1) is 0 Å². The maximum Gasteiger partial charge on any atom is 0.243 e. The number of carbonyl (C=O) groups is 1. The third kappa shape index (κ3) is 3.34. The molecule has 1 aliphatic heterocycles. The van der Waals surface area contributed by atoms with Gasteiger partial charge >= 0.3 is 0 Å². The summed E-state index contributed by atoms with van der Waals surface area (Å²) in [4.78, 5) is 11.6. The topological polar surface area (TPSA) is 102 Å². The van der Waals surface area contributed by atoms with Gasteiger partial charge in [0.25, 0.3) is 0 Å². The summed E-state index contributed by atoms with van der Waals surface area (Å²) in [5.74, 6) is -0.0556. The van der Waals surface area contributed by atoms with Crippen LogP contribution in [0.1, 0.15) is 6.92 Å². The minimum absolute atomic E-state index is 0.124. The van der Waals surface area contributed by atoms with Crippen LogP contribution in [0.15, 0.2) is 29.2 Å². The number of carbonyl (C=O) groups excluding carboxylic acids is 1. The lowest BCUT2D eigenvalue weighted by Gasteiger charge is -2.33. The third-order valence-corrected chi connectivity index (χ3v) is 5.19. The normalized spacial score (nSPS) is 20.1.